The van der Waals surface area contributed by atoms with E-state index < -0.39 is 0 Å². The van der Waals surface area contributed by atoms with Gasteiger partial charge in [-0.15, -0.1) is 0 Å². The Hall–Kier alpha value is -3.22. The van der Waals surface area contributed by atoms with Gasteiger partial charge in [0, 0.05) is 37.4 Å². The van der Waals surface area contributed by atoms with E-state index in [2.05, 4.69) is 38.8 Å². The summed E-state index contributed by atoms with van der Waals surface area (Å²) in [6.45, 7) is 2.72. The molecule has 0 radical (unpaired) electrons. The van der Waals surface area contributed by atoms with Crippen molar-refractivity contribution >= 4 is 5.65 Å². The minimum atomic E-state index is 0.298. The molecule has 1 aliphatic heterocycles. The maximum atomic E-state index is 5.86. The van der Waals surface area contributed by atoms with E-state index in [0.717, 1.165) is 59.8 Å². The van der Waals surface area contributed by atoms with E-state index in [9.17, 15) is 0 Å². The van der Waals surface area contributed by atoms with E-state index in [1.807, 2.05) is 48.9 Å². The summed E-state index contributed by atoms with van der Waals surface area (Å²) in [4.78, 5) is 8.65. The molecule has 0 unspecified atom stereocenters. The largest absolute Gasteiger partial charge is 0.491 e. The second-order valence-corrected chi connectivity index (χ2v) is 7.58. The van der Waals surface area contributed by atoms with E-state index in [1.165, 1.54) is 0 Å². The van der Waals surface area contributed by atoms with Gasteiger partial charge < -0.3 is 14.2 Å². The van der Waals surface area contributed by atoms with Gasteiger partial charge in [-0.3, -0.25) is 9.38 Å². The number of hydrogen-bond donors (Lipinski definition) is 0. The second kappa shape index (κ2) is 9.29. The average Bonchev–Trinajstić information content (AvgIpc) is 3.27. The first kappa shape index (κ1) is 19.7. The lowest BCUT2D eigenvalue weighted by Crippen LogP contribution is -2.25. The van der Waals surface area contributed by atoms with Gasteiger partial charge in [-0.2, -0.15) is 0 Å². The fraction of sp³-hybridized carbons (Fsp3) is 0.280. The lowest BCUT2D eigenvalue weighted by molar-refractivity contribution is -0.0388. The third kappa shape index (κ3) is 4.60. The maximum absolute atomic E-state index is 5.86. The lowest BCUT2D eigenvalue weighted by atomic mass is 10.1. The summed E-state index contributed by atoms with van der Waals surface area (Å²) >= 11 is 0. The third-order valence-corrected chi connectivity index (χ3v) is 5.54. The van der Waals surface area contributed by atoms with Crippen molar-refractivity contribution in [3.8, 4) is 28.1 Å². The zero-order valence-electron chi connectivity index (χ0n) is 17.3. The van der Waals surface area contributed by atoms with E-state index in [-0.39, 0.29) is 0 Å². The normalized spacial score (nSPS) is 14.7. The van der Waals surface area contributed by atoms with Crippen molar-refractivity contribution in [1.82, 2.24) is 14.4 Å². The Labute approximate surface area is 181 Å². The first-order chi connectivity index (χ1) is 15.4. The third-order valence-electron chi connectivity index (χ3n) is 5.54. The Bertz CT molecular complexity index is 1120. The van der Waals surface area contributed by atoms with Crippen LogP contribution in [0.2, 0.25) is 0 Å². The zero-order valence-corrected chi connectivity index (χ0v) is 17.3. The Morgan fingerprint density at radius 3 is 2.45 bits per heavy atom. The molecule has 1 saturated heterocycles. The average molecular weight is 415 g/mol. The lowest BCUT2D eigenvalue weighted by Gasteiger charge is -2.22. The topological polar surface area (TPSA) is 57.9 Å². The number of fused-ring (bicyclic) bond motifs is 1. The molecule has 0 N–H and O–H groups in total. The van der Waals surface area contributed by atoms with Crippen molar-refractivity contribution in [1.29, 1.82) is 0 Å². The predicted molar refractivity (Wildman–Crippen MR) is 119 cm³/mol. The predicted octanol–water partition coefficient (Wildman–Crippen LogP) is 4.64. The molecule has 6 heteroatoms. The van der Waals surface area contributed by atoms with Crippen molar-refractivity contribution in [3.63, 3.8) is 0 Å². The standard InChI is InChI=1S/C25H25N3O3/c1-4-22(30-15-16-31-23-9-13-29-14-10-23)5-2-20(1)24-17-27-25-6-3-21(18-28(24)25)19-7-11-26-12-8-19/h1-8,11-12,17-18,23H,9-10,13-16H2. The minimum absolute atomic E-state index is 0.298. The molecular formula is C25H25N3O3. The SMILES string of the molecule is c1cc(-c2ccc3ncc(-c4ccc(OCCOC5CCOCC5)cc4)n3c2)ccn1. The molecule has 0 aliphatic carbocycles. The van der Waals surface area contributed by atoms with E-state index >= 15 is 0 Å². The van der Waals surface area contributed by atoms with Crippen LogP contribution in [0.4, 0.5) is 0 Å². The molecule has 0 spiro atoms. The number of pyridine rings is 2. The van der Waals surface area contributed by atoms with Gasteiger partial charge in [-0.25, -0.2) is 4.98 Å². The molecular weight excluding hydrogens is 390 g/mol. The summed E-state index contributed by atoms with van der Waals surface area (Å²) < 4.78 is 19.2. The summed E-state index contributed by atoms with van der Waals surface area (Å²) in [7, 11) is 0. The molecule has 158 valence electrons. The summed E-state index contributed by atoms with van der Waals surface area (Å²) in [5, 5.41) is 0. The van der Waals surface area contributed by atoms with Crippen molar-refractivity contribution in [2.45, 2.75) is 18.9 Å². The van der Waals surface area contributed by atoms with Gasteiger partial charge in [-0.1, -0.05) is 0 Å². The molecule has 3 aromatic heterocycles. The molecule has 4 heterocycles. The van der Waals surface area contributed by atoms with Crippen molar-refractivity contribution in [3.05, 3.63) is 73.3 Å². The minimum Gasteiger partial charge on any atom is -0.491 e. The number of ether oxygens (including phenoxy) is 3. The first-order valence-electron chi connectivity index (χ1n) is 10.7. The summed E-state index contributed by atoms with van der Waals surface area (Å²) in [5.41, 5.74) is 5.30. The molecule has 0 atom stereocenters. The van der Waals surface area contributed by atoms with Crippen LogP contribution in [0.5, 0.6) is 5.75 Å². The van der Waals surface area contributed by atoms with Gasteiger partial charge >= 0.3 is 0 Å². The second-order valence-electron chi connectivity index (χ2n) is 7.58. The molecule has 5 rings (SSSR count). The van der Waals surface area contributed by atoms with Gasteiger partial charge in [0.1, 0.15) is 18.0 Å². The van der Waals surface area contributed by atoms with Crippen LogP contribution in [0.15, 0.2) is 73.3 Å². The quantitative estimate of drug-likeness (QED) is 0.412. The monoisotopic (exact) mass is 415 g/mol. The molecule has 4 aromatic rings. The van der Waals surface area contributed by atoms with E-state index in [0.29, 0.717) is 19.3 Å². The highest BCUT2D eigenvalue weighted by atomic mass is 16.5. The highest BCUT2D eigenvalue weighted by Crippen LogP contribution is 2.26. The van der Waals surface area contributed by atoms with Crippen molar-refractivity contribution in [2.24, 2.45) is 0 Å². The van der Waals surface area contributed by atoms with Crippen LogP contribution in [0, 0.1) is 0 Å². The molecule has 0 bridgehead atoms. The summed E-state index contributed by atoms with van der Waals surface area (Å²) in [5.74, 6) is 0.839. The fourth-order valence-electron chi connectivity index (χ4n) is 3.85. The Morgan fingerprint density at radius 1 is 0.871 bits per heavy atom. The Kier molecular flexibility index (Phi) is 5.91. The smallest absolute Gasteiger partial charge is 0.137 e. The fourth-order valence-corrected chi connectivity index (χ4v) is 3.85. The van der Waals surface area contributed by atoms with Gasteiger partial charge in [0.05, 0.1) is 24.6 Å². The molecule has 1 aromatic carbocycles. The van der Waals surface area contributed by atoms with Crippen LogP contribution < -0.4 is 4.74 Å². The van der Waals surface area contributed by atoms with Crippen molar-refractivity contribution < 1.29 is 14.2 Å². The number of imidazole rings is 1. The molecule has 6 nitrogen and oxygen atoms in total. The summed E-state index contributed by atoms with van der Waals surface area (Å²) in [6, 6.07) is 16.3. The zero-order chi connectivity index (χ0) is 20.9. The van der Waals surface area contributed by atoms with Crippen LogP contribution in [-0.4, -0.2) is 46.9 Å². The van der Waals surface area contributed by atoms with E-state index in [1.54, 1.807) is 0 Å². The Morgan fingerprint density at radius 2 is 1.65 bits per heavy atom. The number of nitrogens with zero attached hydrogens (tertiary/aromatic N) is 3. The first-order valence-corrected chi connectivity index (χ1v) is 10.7. The summed E-state index contributed by atoms with van der Waals surface area (Å²) in [6.07, 6.45) is 9.87. The molecule has 1 aliphatic rings. The number of hydrogen-bond acceptors (Lipinski definition) is 5. The van der Waals surface area contributed by atoms with Gasteiger partial charge in [0.2, 0.25) is 0 Å². The van der Waals surface area contributed by atoms with Gasteiger partial charge in [0.25, 0.3) is 0 Å². The van der Waals surface area contributed by atoms with Crippen LogP contribution in [0.1, 0.15) is 12.8 Å². The molecule has 0 saturated carbocycles. The highest BCUT2D eigenvalue weighted by molar-refractivity contribution is 5.69. The molecule has 31 heavy (non-hydrogen) atoms. The Balaban J connectivity index is 1.26. The van der Waals surface area contributed by atoms with Crippen LogP contribution in [-0.2, 0) is 9.47 Å². The maximum Gasteiger partial charge on any atom is 0.137 e. The number of aromatic nitrogens is 3. The van der Waals surface area contributed by atoms with Gasteiger partial charge in [0.15, 0.2) is 0 Å². The van der Waals surface area contributed by atoms with Crippen LogP contribution in [0.25, 0.3) is 28.0 Å². The number of benzene rings is 1. The van der Waals surface area contributed by atoms with Crippen LogP contribution in [0.3, 0.4) is 0 Å². The number of rotatable bonds is 7. The van der Waals surface area contributed by atoms with Crippen molar-refractivity contribution in [2.75, 3.05) is 26.4 Å². The molecule has 0 amide bonds. The highest BCUT2D eigenvalue weighted by Gasteiger charge is 2.13. The molecule has 1 fully saturated rings. The van der Waals surface area contributed by atoms with Gasteiger partial charge in [-0.05, 0) is 72.5 Å². The van der Waals surface area contributed by atoms with Crippen LogP contribution >= 0.6 is 0 Å². The van der Waals surface area contributed by atoms with E-state index in [4.69, 9.17) is 14.2 Å².